The van der Waals surface area contributed by atoms with E-state index in [1.54, 1.807) is 19.9 Å². The average Bonchev–Trinajstić information content (AvgIpc) is 2.25. The van der Waals surface area contributed by atoms with Crippen LogP contribution >= 0.6 is 0 Å². The molecule has 1 rings (SSSR count). The van der Waals surface area contributed by atoms with Crippen molar-refractivity contribution in [3.63, 3.8) is 0 Å². The van der Waals surface area contributed by atoms with Crippen LogP contribution in [0.15, 0.2) is 18.2 Å². The van der Waals surface area contributed by atoms with Crippen LogP contribution in [0.3, 0.4) is 0 Å². The number of rotatable bonds is 5. The molecule has 1 aromatic rings. The second-order valence-electron chi connectivity index (χ2n) is 3.89. The van der Waals surface area contributed by atoms with Crippen molar-refractivity contribution in [2.45, 2.75) is 32.4 Å². The smallest absolute Gasteiger partial charge is 0.258 e. The summed E-state index contributed by atoms with van der Waals surface area (Å²) in [6.45, 7) is 3.52. The van der Waals surface area contributed by atoms with E-state index < -0.39 is 17.8 Å². The molecule has 2 unspecified atom stereocenters. The lowest BCUT2D eigenvalue weighted by Gasteiger charge is -2.18. The topological polar surface area (TPSA) is 78.3 Å². The minimum Gasteiger partial charge on any atom is -0.480 e. The summed E-state index contributed by atoms with van der Waals surface area (Å²) in [5.41, 5.74) is 11.6. The molecule has 0 fully saturated rings. The maximum absolute atomic E-state index is 13.1. The number of hydrogen-bond donors (Lipinski definition) is 2. The van der Waals surface area contributed by atoms with Crippen LogP contribution < -0.4 is 16.2 Å². The molecular formula is C12H17FN2O2. The van der Waals surface area contributed by atoms with Gasteiger partial charge in [0, 0.05) is 17.7 Å². The number of nitrogens with two attached hydrogens (primary N) is 2. The third-order valence-corrected chi connectivity index (χ3v) is 2.42. The molecule has 0 saturated heterocycles. The minimum atomic E-state index is -0.769. The van der Waals surface area contributed by atoms with Crippen LogP contribution in [0, 0.1) is 5.82 Å². The van der Waals surface area contributed by atoms with Crippen molar-refractivity contribution in [3.05, 3.63) is 29.6 Å². The zero-order chi connectivity index (χ0) is 13.0. The monoisotopic (exact) mass is 240 g/mol. The van der Waals surface area contributed by atoms with Gasteiger partial charge in [0.1, 0.15) is 11.6 Å². The second-order valence-corrected chi connectivity index (χ2v) is 3.89. The van der Waals surface area contributed by atoms with E-state index in [4.69, 9.17) is 16.2 Å². The normalized spacial score (nSPS) is 14.1. The van der Waals surface area contributed by atoms with Crippen molar-refractivity contribution in [1.29, 1.82) is 0 Å². The average molecular weight is 240 g/mol. The molecule has 0 bridgehead atoms. The van der Waals surface area contributed by atoms with E-state index in [9.17, 15) is 9.18 Å². The maximum atomic E-state index is 13.1. The van der Waals surface area contributed by atoms with Crippen LogP contribution in [0.2, 0.25) is 0 Å². The van der Waals surface area contributed by atoms with Crippen LogP contribution in [-0.2, 0) is 4.79 Å². The van der Waals surface area contributed by atoms with Gasteiger partial charge in [-0.3, -0.25) is 4.79 Å². The highest BCUT2D eigenvalue weighted by molar-refractivity contribution is 5.79. The van der Waals surface area contributed by atoms with E-state index in [2.05, 4.69) is 0 Å². The first kappa shape index (κ1) is 13.4. The Morgan fingerprint density at radius 1 is 1.53 bits per heavy atom. The highest BCUT2D eigenvalue weighted by Gasteiger charge is 2.18. The van der Waals surface area contributed by atoms with Crippen LogP contribution in [0.5, 0.6) is 5.75 Å². The number of ether oxygens (including phenoxy) is 1. The summed E-state index contributed by atoms with van der Waals surface area (Å²) in [5.74, 6) is -0.748. The van der Waals surface area contributed by atoms with Crippen molar-refractivity contribution >= 4 is 5.91 Å². The number of amides is 1. The van der Waals surface area contributed by atoms with Crippen molar-refractivity contribution in [2.75, 3.05) is 0 Å². The van der Waals surface area contributed by atoms with E-state index in [1.807, 2.05) is 0 Å². The standard InChI is InChI=1S/C12H17FN2O2/c1-3-10(12(15)16)17-11-6-8(13)4-5-9(11)7(2)14/h4-7,10H,3,14H2,1-2H3,(H2,15,16). The van der Waals surface area contributed by atoms with E-state index in [1.165, 1.54) is 12.1 Å². The number of halogens is 1. The molecule has 0 aliphatic heterocycles. The third kappa shape index (κ3) is 3.42. The van der Waals surface area contributed by atoms with E-state index >= 15 is 0 Å². The highest BCUT2D eigenvalue weighted by Crippen LogP contribution is 2.26. The molecule has 4 N–H and O–H groups in total. The lowest BCUT2D eigenvalue weighted by Crippen LogP contribution is -2.33. The minimum absolute atomic E-state index is 0.269. The highest BCUT2D eigenvalue weighted by atomic mass is 19.1. The van der Waals surface area contributed by atoms with E-state index in [0.717, 1.165) is 0 Å². The fourth-order valence-corrected chi connectivity index (χ4v) is 1.48. The summed E-state index contributed by atoms with van der Waals surface area (Å²) in [6, 6.07) is 3.75. The van der Waals surface area contributed by atoms with Crippen LogP contribution in [-0.4, -0.2) is 12.0 Å². The summed E-state index contributed by atoms with van der Waals surface area (Å²) < 4.78 is 18.5. The predicted molar refractivity (Wildman–Crippen MR) is 62.9 cm³/mol. The van der Waals surface area contributed by atoms with Crippen LogP contribution in [0.4, 0.5) is 4.39 Å². The number of carbonyl (C=O) groups is 1. The predicted octanol–water partition coefficient (Wildman–Crippen LogP) is 1.49. The summed E-state index contributed by atoms with van der Waals surface area (Å²) >= 11 is 0. The van der Waals surface area contributed by atoms with Gasteiger partial charge in [-0.15, -0.1) is 0 Å². The molecule has 0 heterocycles. The largest absolute Gasteiger partial charge is 0.480 e. The molecule has 0 aromatic heterocycles. The Kier molecular flexibility index (Phi) is 4.45. The van der Waals surface area contributed by atoms with E-state index in [-0.39, 0.29) is 11.8 Å². The molecule has 94 valence electrons. The fourth-order valence-electron chi connectivity index (χ4n) is 1.48. The van der Waals surface area contributed by atoms with Gasteiger partial charge in [-0.1, -0.05) is 13.0 Å². The van der Waals surface area contributed by atoms with Gasteiger partial charge in [-0.2, -0.15) is 0 Å². The van der Waals surface area contributed by atoms with Gasteiger partial charge < -0.3 is 16.2 Å². The first-order valence-corrected chi connectivity index (χ1v) is 5.46. The number of primary amides is 1. The van der Waals surface area contributed by atoms with Gasteiger partial charge in [-0.25, -0.2) is 4.39 Å². The Hall–Kier alpha value is -1.62. The van der Waals surface area contributed by atoms with Gasteiger partial charge in [0.2, 0.25) is 0 Å². The van der Waals surface area contributed by atoms with Gasteiger partial charge in [0.15, 0.2) is 6.10 Å². The molecule has 0 aliphatic carbocycles. The summed E-state index contributed by atoms with van der Waals surface area (Å²) in [5, 5.41) is 0. The lowest BCUT2D eigenvalue weighted by atomic mass is 10.1. The van der Waals surface area contributed by atoms with Gasteiger partial charge in [-0.05, 0) is 19.4 Å². The van der Waals surface area contributed by atoms with Crippen molar-refractivity contribution in [3.8, 4) is 5.75 Å². The lowest BCUT2D eigenvalue weighted by molar-refractivity contribution is -0.124. The SMILES string of the molecule is CCC(Oc1cc(F)ccc1C(C)N)C(N)=O. The molecule has 1 amide bonds. The number of hydrogen-bond acceptors (Lipinski definition) is 3. The Morgan fingerprint density at radius 3 is 2.65 bits per heavy atom. The molecule has 0 radical (unpaired) electrons. The quantitative estimate of drug-likeness (QED) is 0.818. The number of carbonyl (C=O) groups excluding carboxylic acids is 1. The molecule has 0 spiro atoms. The molecule has 0 saturated carbocycles. The zero-order valence-corrected chi connectivity index (χ0v) is 9.94. The van der Waals surface area contributed by atoms with Gasteiger partial charge in [0.25, 0.3) is 5.91 Å². The molecule has 4 nitrogen and oxygen atoms in total. The first-order valence-electron chi connectivity index (χ1n) is 5.46. The first-order chi connectivity index (χ1) is 7.95. The van der Waals surface area contributed by atoms with E-state index in [0.29, 0.717) is 12.0 Å². The van der Waals surface area contributed by atoms with Crippen LogP contribution in [0.1, 0.15) is 31.9 Å². The summed E-state index contributed by atoms with van der Waals surface area (Å²) in [6.07, 6.45) is -0.348. The molecule has 1 aromatic carbocycles. The molecule has 0 aliphatic rings. The van der Waals surface area contributed by atoms with Crippen molar-refractivity contribution in [2.24, 2.45) is 11.5 Å². The third-order valence-electron chi connectivity index (χ3n) is 2.42. The van der Waals surface area contributed by atoms with Crippen LogP contribution in [0.25, 0.3) is 0 Å². The van der Waals surface area contributed by atoms with Crippen molar-refractivity contribution in [1.82, 2.24) is 0 Å². The van der Waals surface area contributed by atoms with Gasteiger partial charge in [0.05, 0.1) is 0 Å². The van der Waals surface area contributed by atoms with Crippen molar-refractivity contribution < 1.29 is 13.9 Å². The molecule has 5 heteroatoms. The molecular weight excluding hydrogens is 223 g/mol. The summed E-state index contributed by atoms with van der Waals surface area (Å²) in [4.78, 5) is 11.1. The maximum Gasteiger partial charge on any atom is 0.258 e. The number of benzene rings is 1. The second kappa shape index (κ2) is 5.63. The van der Waals surface area contributed by atoms with Gasteiger partial charge >= 0.3 is 0 Å². The molecule has 17 heavy (non-hydrogen) atoms. The summed E-state index contributed by atoms with van der Waals surface area (Å²) in [7, 11) is 0. The Bertz CT molecular complexity index is 407. The Morgan fingerprint density at radius 2 is 2.18 bits per heavy atom. The fraction of sp³-hybridized carbons (Fsp3) is 0.417. The Balaban J connectivity index is 3.02. The zero-order valence-electron chi connectivity index (χ0n) is 9.94. The molecule has 2 atom stereocenters. The Labute approximate surface area is 99.7 Å².